The summed E-state index contributed by atoms with van der Waals surface area (Å²) in [4.78, 5) is 9.36. The van der Waals surface area contributed by atoms with E-state index in [-0.39, 0.29) is 10.9 Å². The van der Waals surface area contributed by atoms with Gasteiger partial charge < -0.3 is 10.6 Å². The van der Waals surface area contributed by atoms with Crippen molar-refractivity contribution in [2.75, 3.05) is 5.32 Å². The molecular formula is C23H25F3N4S. The zero-order chi connectivity index (χ0) is 21.4. The van der Waals surface area contributed by atoms with Crippen LogP contribution in [0.4, 0.5) is 19.0 Å². The van der Waals surface area contributed by atoms with Crippen LogP contribution in [0.25, 0.3) is 10.2 Å². The Morgan fingerprint density at radius 2 is 1.74 bits per heavy atom. The molecule has 0 bridgehead atoms. The summed E-state index contributed by atoms with van der Waals surface area (Å²) in [5, 5.41) is 7.98. The number of fused-ring (bicyclic) bond motifs is 1. The van der Waals surface area contributed by atoms with Crippen LogP contribution in [0.15, 0.2) is 42.7 Å². The van der Waals surface area contributed by atoms with Crippen LogP contribution in [-0.4, -0.2) is 34.3 Å². The van der Waals surface area contributed by atoms with Gasteiger partial charge in [0.25, 0.3) is 0 Å². The molecule has 0 saturated heterocycles. The highest BCUT2D eigenvalue weighted by molar-refractivity contribution is 7.18. The summed E-state index contributed by atoms with van der Waals surface area (Å²) in [6, 6.07) is 13.7. The van der Waals surface area contributed by atoms with E-state index in [0.717, 1.165) is 37.0 Å². The molecule has 3 aromatic rings. The Morgan fingerprint density at radius 1 is 1.00 bits per heavy atom. The van der Waals surface area contributed by atoms with Crippen LogP contribution >= 0.6 is 11.3 Å². The van der Waals surface area contributed by atoms with Crippen LogP contribution in [0.5, 0.6) is 0 Å². The first kappa shape index (κ1) is 20.7. The van der Waals surface area contributed by atoms with Crippen LogP contribution in [0, 0.1) is 0 Å². The average Bonchev–Trinajstić information content (AvgIpc) is 3.38. The van der Waals surface area contributed by atoms with Gasteiger partial charge in [-0.3, -0.25) is 0 Å². The van der Waals surface area contributed by atoms with E-state index >= 15 is 0 Å². The smallest absolute Gasteiger partial charge is 0.367 e. The van der Waals surface area contributed by atoms with Crippen molar-refractivity contribution in [2.45, 2.75) is 68.7 Å². The van der Waals surface area contributed by atoms with Crippen molar-refractivity contribution >= 4 is 27.4 Å². The van der Waals surface area contributed by atoms with Crippen molar-refractivity contribution < 1.29 is 13.2 Å². The van der Waals surface area contributed by atoms with E-state index in [9.17, 15) is 13.2 Å². The maximum Gasteiger partial charge on any atom is 0.393 e. The fourth-order valence-electron chi connectivity index (χ4n) is 4.65. The first-order chi connectivity index (χ1) is 14.9. The molecule has 0 unspecified atom stereocenters. The number of halogens is 3. The second kappa shape index (κ2) is 8.39. The van der Waals surface area contributed by atoms with Crippen molar-refractivity contribution in [1.29, 1.82) is 0 Å². The van der Waals surface area contributed by atoms with Crippen molar-refractivity contribution in [3.8, 4) is 0 Å². The van der Waals surface area contributed by atoms with Crippen molar-refractivity contribution in [1.82, 2.24) is 15.3 Å². The Morgan fingerprint density at radius 3 is 2.48 bits per heavy atom. The predicted molar refractivity (Wildman–Crippen MR) is 118 cm³/mol. The molecule has 164 valence electrons. The molecule has 2 saturated carbocycles. The van der Waals surface area contributed by atoms with Crippen molar-refractivity contribution in [3.63, 3.8) is 0 Å². The van der Waals surface area contributed by atoms with Crippen molar-refractivity contribution in [2.24, 2.45) is 0 Å². The summed E-state index contributed by atoms with van der Waals surface area (Å²) in [5.41, 5.74) is 1.42. The second-order valence-corrected chi connectivity index (χ2v) is 9.78. The van der Waals surface area contributed by atoms with Crippen LogP contribution in [0.2, 0.25) is 0 Å². The van der Waals surface area contributed by atoms with E-state index in [4.69, 9.17) is 0 Å². The number of thiophene rings is 1. The highest BCUT2D eigenvalue weighted by atomic mass is 32.1. The van der Waals surface area contributed by atoms with Crippen LogP contribution in [0.3, 0.4) is 0 Å². The minimum Gasteiger partial charge on any atom is -0.367 e. The molecule has 5 rings (SSSR count). The van der Waals surface area contributed by atoms with Gasteiger partial charge in [-0.25, -0.2) is 9.97 Å². The molecule has 2 heterocycles. The highest BCUT2D eigenvalue weighted by Gasteiger charge is 2.39. The zero-order valence-corrected chi connectivity index (χ0v) is 17.8. The van der Waals surface area contributed by atoms with E-state index < -0.39 is 12.6 Å². The monoisotopic (exact) mass is 446 g/mol. The van der Waals surface area contributed by atoms with Gasteiger partial charge in [0.15, 0.2) is 0 Å². The SMILES string of the molecule is FC(F)(F)Cc1cc2c(NC3CCC(N[C@@H]4C[C@H]4c4ccccc4)CC3)ncnc2s1. The van der Waals surface area contributed by atoms with E-state index in [1.54, 1.807) is 6.07 Å². The Bertz CT molecular complexity index is 1030. The number of hydrogen-bond donors (Lipinski definition) is 2. The predicted octanol–water partition coefficient (Wildman–Crippen LogP) is 5.66. The molecule has 0 aliphatic heterocycles. The first-order valence-electron chi connectivity index (χ1n) is 10.8. The standard InChI is InChI=1S/C23H25F3N4S/c24-23(25,26)12-17-10-19-21(27-13-28-22(19)31-17)30-16-8-6-15(7-9-16)29-20-11-18(20)14-4-2-1-3-5-14/h1-5,10,13,15-16,18,20,29H,6-9,11-12H2,(H,27,28,30)/t15?,16?,18-,20+/m0/s1. The number of alkyl halides is 3. The third-order valence-electron chi connectivity index (χ3n) is 6.29. The Hall–Kier alpha value is -2.19. The molecule has 2 aliphatic rings. The summed E-state index contributed by atoms with van der Waals surface area (Å²) in [6.07, 6.45) is 1.72. The Kier molecular flexibility index (Phi) is 5.60. The molecule has 0 amide bonds. The molecular weight excluding hydrogens is 421 g/mol. The number of rotatable bonds is 6. The Balaban J connectivity index is 1.15. The van der Waals surface area contributed by atoms with E-state index in [0.29, 0.717) is 34.0 Å². The van der Waals surface area contributed by atoms with E-state index in [2.05, 4.69) is 50.9 Å². The lowest BCUT2D eigenvalue weighted by Crippen LogP contribution is -2.38. The average molecular weight is 447 g/mol. The molecule has 0 spiro atoms. The highest BCUT2D eigenvalue weighted by Crippen LogP contribution is 2.41. The third-order valence-corrected chi connectivity index (χ3v) is 7.33. The molecule has 4 nitrogen and oxygen atoms in total. The van der Waals surface area contributed by atoms with Gasteiger partial charge in [-0.1, -0.05) is 30.3 Å². The fourth-order valence-corrected chi connectivity index (χ4v) is 5.68. The van der Waals surface area contributed by atoms with Gasteiger partial charge in [-0.15, -0.1) is 11.3 Å². The second-order valence-electron chi connectivity index (χ2n) is 8.66. The van der Waals surface area contributed by atoms with Crippen LogP contribution in [0.1, 0.15) is 48.5 Å². The Labute approximate surface area is 183 Å². The van der Waals surface area contributed by atoms with Gasteiger partial charge in [-0.05, 0) is 43.7 Å². The van der Waals surface area contributed by atoms with Gasteiger partial charge >= 0.3 is 6.18 Å². The normalized spacial score (nSPS) is 26.2. The maximum absolute atomic E-state index is 12.7. The van der Waals surface area contributed by atoms with Gasteiger partial charge in [0.05, 0.1) is 11.8 Å². The van der Waals surface area contributed by atoms with Crippen LogP contribution in [-0.2, 0) is 6.42 Å². The number of anilines is 1. The molecule has 2 aromatic heterocycles. The molecule has 2 N–H and O–H groups in total. The molecule has 0 radical (unpaired) electrons. The first-order valence-corrected chi connectivity index (χ1v) is 11.6. The summed E-state index contributed by atoms with van der Waals surface area (Å²) >= 11 is 1.09. The largest absolute Gasteiger partial charge is 0.393 e. The number of hydrogen-bond acceptors (Lipinski definition) is 5. The topological polar surface area (TPSA) is 49.8 Å². The third kappa shape index (κ3) is 5.01. The van der Waals surface area contributed by atoms with E-state index in [1.165, 1.54) is 18.3 Å². The number of nitrogens with one attached hydrogen (secondary N) is 2. The molecule has 1 aromatic carbocycles. The van der Waals surface area contributed by atoms with Crippen LogP contribution < -0.4 is 10.6 Å². The summed E-state index contributed by atoms with van der Waals surface area (Å²) in [7, 11) is 0. The van der Waals surface area contributed by atoms with E-state index in [1.807, 2.05) is 0 Å². The van der Waals surface area contributed by atoms with Gasteiger partial charge in [0.2, 0.25) is 0 Å². The minimum absolute atomic E-state index is 0.274. The van der Waals surface area contributed by atoms with Gasteiger partial charge in [-0.2, -0.15) is 13.2 Å². The number of nitrogens with zero attached hydrogens (tertiary/aromatic N) is 2. The quantitative estimate of drug-likeness (QED) is 0.513. The minimum atomic E-state index is -4.21. The molecule has 2 fully saturated rings. The fraction of sp³-hybridized carbons (Fsp3) is 0.478. The zero-order valence-electron chi connectivity index (χ0n) is 17.0. The number of benzene rings is 1. The summed E-state index contributed by atoms with van der Waals surface area (Å²) in [6.45, 7) is 0. The lowest BCUT2D eigenvalue weighted by Gasteiger charge is -2.30. The maximum atomic E-state index is 12.7. The molecule has 31 heavy (non-hydrogen) atoms. The summed E-state index contributed by atoms with van der Waals surface area (Å²) in [5.74, 6) is 1.29. The number of aromatic nitrogens is 2. The van der Waals surface area contributed by atoms with Gasteiger partial charge in [0.1, 0.15) is 17.0 Å². The molecule has 8 heteroatoms. The lowest BCUT2D eigenvalue weighted by molar-refractivity contribution is -0.126. The summed E-state index contributed by atoms with van der Waals surface area (Å²) < 4.78 is 38.2. The molecule has 2 aliphatic carbocycles. The van der Waals surface area contributed by atoms with Gasteiger partial charge in [0, 0.05) is 28.9 Å². The molecule has 2 atom stereocenters. The van der Waals surface area contributed by atoms with Crippen molar-refractivity contribution in [3.05, 3.63) is 53.2 Å². The lowest BCUT2D eigenvalue weighted by atomic mass is 9.91.